The van der Waals surface area contributed by atoms with Gasteiger partial charge in [0.25, 0.3) is 12.2 Å². The summed E-state index contributed by atoms with van der Waals surface area (Å²) in [6.45, 7) is 2.10. The third kappa shape index (κ3) is 25.3. The van der Waals surface area contributed by atoms with Crippen LogP contribution in [0.2, 0.25) is 0 Å². The van der Waals surface area contributed by atoms with Crippen LogP contribution in [0.15, 0.2) is 24.3 Å². The van der Waals surface area contributed by atoms with Crippen LogP contribution in [-0.2, 0) is 20.4 Å². The molecule has 0 aromatic carbocycles. The third-order valence-electron chi connectivity index (χ3n) is 2.54. The molecule has 0 aromatic heterocycles. The van der Waals surface area contributed by atoms with Gasteiger partial charge in [-0.05, 0) is 25.0 Å². The molecule has 0 radical (unpaired) electrons. The van der Waals surface area contributed by atoms with Crippen molar-refractivity contribution in [2.75, 3.05) is 11.5 Å². The van der Waals surface area contributed by atoms with Crippen molar-refractivity contribution >= 4 is 20.4 Å². The largest absolute Gasteiger partial charge is 0.303 e. The zero-order chi connectivity index (χ0) is 20.1. The van der Waals surface area contributed by atoms with Gasteiger partial charge in [0, 0.05) is 5.92 Å². The molecule has 0 rings (SSSR count). The standard InChI is InChI=1S/C8H14F2.C5H6F4O4S2/c1-2-3-4-5-6-7-8(9)10;6-5(7)1-4(2-14(8,10)11)3-15(9,12)13/h7H,2-6H2,1H3;1,4H,2-3H2. The van der Waals surface area contributed by atoms with E-state index in [0.29, 0.717) is 6.42 Å². The van der Waals surface area contributed by atoms with Crippen LogP contribution < -0.4 is 0 Å². The lowest BCUT2D eigenvalue weighted by Crippen LogP contribution is -2.18. The minimum Gasteiger partial charge on any atom is -0.195 e. The molecular formula is C13H20F6O4S2. The van der Waals surface area contributed by atoms with Crippen molar-refractivity contribution in [1.29, 1.82) is 0 Å². The van der Waals surface area contributed by atoms with E-state index in [9.17, 15) is 42.2 Å². The molecule has 0 amide bonds. The number of hydrogen-bond donors (Lipinski definition) is 0. The molecule has 0 saturated carbocycles. The Morgan fingerprint density at radius 3 is 1.64 bits per heavy atom. The molecule has 0 unspecified atom stereocenters. The highest BCUT2D eigenvalue weighted by Gasteiger charge is 2.23. The van der Waals surface area contributed by atoms with E-state index in [2.05, 4.69) is 6.92 Å². The first-order chi connectivity index (χ1) is 11.3. The average Bonchev–Trinajstić information content (AvgIpc) is 2.33. The summed E-state index contributed by atoms with van der Waals surface area (Å²) in [6, 6.07) is 0. The molecule has 0 aliphatic heterocycles. The van der Waals surface area contributed by atoms with Crippen LogP contribution in [-0.4, -0.2) is 28.3 Å². The summed E-state index contributed by atoms with van der Waals surface area (Å²) in [4.78, 5) is 0. The van der Waals surface area contributed by atoms with Gasteiger partial charge in [-0.2, -0.15) is 34.4 Å². The van der Waals surface area contributed by atoms with Gasteiger partial charge >= 0.3 is 20.4 Å². The van der Waals surface area contributed by atoms with E-state index >= 15 is 0 Å². The van der Waals surface area contributed by atoms with E-state index in [1.165, 1.54) is 0 Å². The summed E-state index contributed by atoms with van der Waals surface area (Å²) in [6.07, 6.45) is 1.73. The van der Waals surface area contributed by atoms with Crippen molar-refractivity contribution in [3.63, 3.8) is 0 Å². The van der Waals surface area contributed by atoms with Crippen LogP contribution >= 0.6 is 0 Å². The van der Waals surface area contributed by atoms with E-state index in [4.69, 9.17) is 0 Å². The van der Waals surface area contributed by atoms with Gasteiger partial charge < -0.3 is 0 Å². The van der Waals surface area contributed by atoms with Crippen molar-refractivity contribution < 1.29 is 42.2 Å². The first-order valence-electron chi connectivity index (χ1n) is 7.15. The molecule has 0 aliphatic rings. The molecule has 0 N–H and O–H groups in total. The topological polar surface area (TPSA) is 68.3 Å². The smallest absolute Gasteiger partial charge is 0.195 e. The van der Waals surface area contributed by atoms with Gasteiger partial charge in [-0.1, -0.05) is 26.2 Å². The fourth-order valence-corrected chi connectivity index (χ4v) is 3.22. The summed E-state index contributed by atoms with van der Waals surface area (Å²) in [5, 5.41) is 0. The predicted octanol–water partition coefficient (Wildman–Crippen LogP) is 4.72. The van der Waals surface area contributed by atoms with Crippen molar-refractivity contribution in [2.24, 2.45) is 5.92 Å². The molecule has 12 heteroatoms. The minimum atomic E-state index is -5.15. The van der Waals surface area contributed by atoms with Gasteiger partial charge in [-0.3, -0.25) is 0 Å². The summed E-state index contributed by atoms with van der Waals surface area (Å²) in [5.41, 5.74) is 0. The van der Waals surface area contributed by atoms with Crippen molar-refractivity contribution in [3.8, 4) is 0 Å². The quantitative estimate of drug-likeness (QED) is 0.293. The Labute approximate surface area is 144 Å². The highest BCUT2D eigenvalue weighted by Crippen LogP contribution is 2.14. The zero-order valence-corrected chi connectivity index (χ0v) is 15.0. The summed E-state index contributed by atoms with van der Waals surface area (Å²) in [7, 11) is -10.3. The minimum absolute atomic E-state index is 0.117. The molecule has 0 aliphatic carbocycles. The van der Waals surface area contributed by atoms with Crippen molar-refractivity contribution in [2.45, 2.75) is 39.0 Å². The average molecular weight is 418 g/mol. The van der Waals surface area contributed by atoms with Gasteiger partial charge in [0.1, 0.15) is 0 Å². The number of allylic oxidation sites excluding steroid dienone is 2. The monoisotopic (exact) mass is 418 g/mol. The van der Waals surface area contributed by atoms with Crippen molar-refractivity contribution in [3.05, 3.63) is 24.3 Å². The number of unbranched alkanes of at least 4 members (excludes halogenated alkanes) is 4. The lowest BCUT2D eigenvalue weighted by Gasteiger charge is -2.05. The van der Waals surface area contributed by atoms with Crippen LogP contribution in [0.4, 0.5) is 25.3 Å². The fraction of sp³-hybridized carbons (Fsp3) is 0.692. The Bertz CT molecular complexity index is 587. The Hall–Kier alpha value is -1.04. The third-order valence-corrected chi connectivity index (χ3v) is 4.20. The first kappa shape index (κ1) is 26.2. The maximum Gasteiger partial charge on any atom is 0.303 e. The summed E-state index contributed by atoms with van der Waals surface area (Å²) >= 11 is 0. The van der Waals surface area contributed by atoms with E-state index < -0.39 is 50.0 Å². The van der Waals surface area contributed by atoms with E-state index in [0.717, 1.165) is 31.8 Å². The van der Waals surface area contributed by atoms with E-state index in [-0.39, 0.29) is 6.08 Å². The van der Waals surface area contributed by atoms with Crippen LogP contribution in [0.3, 0.4) is 0 Å². The number of halogens is 6. The molecule has 0 atom stereocenters. The van der Waals surface area contributed by atoms with Crippen LogP contribution in [0.5, 0.6) is 0 Å². The zero-order valence-electron chi connectivity index (χ0n) is 13.4. The Morgan fingerprint density at radius 1 is 0.840 bits per heavy atom. The number of hydrogen-bond acceptors (Lipinski definition) is 4. The Morgan fingerprint density at radius 2 is 1.32 bits per heavy atom. The molecule has 4 nitrogen and oxygen atoms in total. The Balaban J connectivity index is 0. The summed E-state index contributed by atoms with van der Waals surface area (Å²) in [5.74, 6) is -4.96. The summed E-state index contributed by atoms with van der Waals surface area (Å²) < 4.78 is 110. The molecule has 25 heavy (non-hydrogen) atoms. The van der Waals surface area contributed by atoms with E-state index in [1.54, 1.807) is 0 Å². The second-order valence-electron chi connectivity index (χ2n) is 4.97. The van der Waals surface area contributed by atoms with Gasteiger partial charge in [-0.15, -0.1) is 7.77 Å². The molecule has 0 bridgehead atoms. The van der Waals surface area contributed by atoms with Gasteiger partial charge in [0.05, 0.1) is 11.5 Å². The fourth-order valence-electron chi connectivity index (χ4n) is 1.62. The second kappa shape index (κ2) is 13.2. The van der Waals surface area contributed by atoms with Gasteiger partial charge in [-0.25, -0.2) is 0 Å². The molecule has 0 heterocycles. The van der Waals surface area contributed by atoms with E-state index in [1.807, 2.05) is 0 Å². The molecule has 0 aromatic rings. The highest BCUT2D eigenvalue weighted by molar-refractivity contribution is 7.87. The Kier molecular flexibility index (Phi) is 13.8. The first-order valence-corrected chi connectivity index (χ1v) is 10.3. The normalized spacial score (nSPS) is 11.5. The molecule has 0 fully saturated rings. The lowest BCUT2D eigenvalue weighted by molar-refractivity contribution is 0.412. The molecular weight excluding hydrogens is 398 g/mol. The molecule has 0 saturated heterocycles. The van der Waals surface area contributed by atoms with Crippen molar-refractivity contribution in [1.82, 2.24) is 0 Å². The second-order valence-corrected chi connectivity index (χ2v) is 7.79. The number of rotatable bonds is 10. The van der Waals surface area contributed by atoms with Gasteiger partial charge in [0.15, 0.2) is 0 Å². The lowest BCUT2D eigenvalue weighted by atomic mass is 10.1. The predicted molar refractivity (Wildman–Crippen MR) is 82.6 cm³/mol. The highest BCUT2D eigenvalue weighted by atomic mass is 32.3. The maximum atomic E-state index is 12.0. The molecule has 0 spiro atoms. The van der Waals surface area contributed by atoms with Crippen LogP contribution in [0, 0.1) is 5.92 Å². The van der Waals surface area contributed by atoms with Crippen LogP contribution in [0.1, 0.15) is 39.0 Å². The molecule has 150 valence electrons. The SMILES string of the molecule is CCCCCCC=C(F)F.O=S(=O)(F)CC(C=C(F)F)CS(=O)(=O)F. The van der Waals surface area contributed by atoms with Crippen LogP contribution in [0.25, 0.3) is 0 Å². The van der Waals surface area contributed by atoms with Gasteiger partial charge in [0.2, 0.25) is 0 Å². The maximum absolute atomic E-state index is 12.0.